The summed E-state index contributed by atoms with van der Waals surface area (Å²) in [5, 5.41) is 5.17. The Kier molecular flexibility index (Phi) is 3.43. The molecule has 0 amide bonds. The van der Waals surface area contributed by atoms with E-state index in [0.717, 1.165) is 17.1 Å². The van der Waals surface area contributed by atoms with E-state index in [0.29, 0.717) is 0 Å². The predicted molar refractivity (Wildman–Crippen MR) is 73.6 cm³/mol. The molecule has 1 aromatic heterocycles. The highest BCUT2D eigenvalue weighted by atomic mass is 32.2. The maximum atomic E-state index is 11.4. The number of nitrogens with two attached hydrogens (primary N) is 1. The second-order valence-electron chi connectivity index (χ2n) is 4.69. The lowest BCUT2D eigenvalue weighted by molar-refractivity contribution is -0.609. The molecule has 0 atom stereocenters. The van der Waals surface area contributed by atoms with Crippen molar-refractivity contribution in [1.29, 1.82) is 0 Å². The summed E-state index contributed by atoms with van der Waals surface area (Å²) in [5.74, 6) is 0. The lowest BCUT2D eigenvalue weighted by atomic mass is 10.2. The first-order chi connectivity index (χ1) is 8.79. The van der Waals surface area contributed by atoms with Gasteiger partial charge in [0.15, 0.2) is 11.4 Å². The van der Waals surface area contributed by atoms with Crippen LogP contribution < -0.4 is 9.71 Å². The van der Waals surface area contributed by atoms with Gasteiger partial charge in [0.25, 0.3) is 0 Å². The van der Waals surface area contributed by atoms with E-state index in [1.165, 1.54) is 11.6 Å². The standard InChI is InChI=1S/C14H17N2O2S/c1-10-7-11(2)16(12(3)8-10)13-5-4-6-14(9-13)19(15,17)18/h4-9H,1-3H3,(H2,15,17,18)/q+1. The topological polar surface area (TPSA) is 64.0 Å². The van der Waals surface area contributed by atoms with Gasteiger partial charge >= 0.3 is 0 Å². The van der Waals surface area contributed by atoms with Crippen molar-refractivity contribution in [1.82, 2.24) is 0 Å². The Morgan fingerprint density at radius 2 is 1.58 bits per heavy atom. The monoisotopic (exact) mass is 277 g/mol. The van der Waals surface area contributed by atoms with Gasteiger partial charge in [-0.2, -0.15) is 4.57 Å². The van der Waals surface area contributed by atoms with Gasteiger partial charge in [0.05, 0.1) is 4.90 Å². The van der Waals surface area contributed by atoms with E-state index < -0.39 is 10.0 Å². The largest absolute Gasteiger partial charge is 0.238 e. The first kappa shape index (κ1) is 13.7. The van der Waals surface area contributed by atoms with Crippen LogP contribution in [0, 0.1) is 20.8 Å². The highest BCUT2D eigenvalue weighted by molar-refractivity contribution is 7.89. The van der Waals surface area contributed by atoms with E-state index in [4.69, 9.17) is 5.14 Å². The fraction of sp³-hybridized carbons (Fsp3) is 0.214. The molecule has 2 rings (SSSR count). The first-order valence-electron chi connectivity index (χ1n) is 5.92. The summed E-state index contributed by atoms with van der Waals surface area (Å²) in [7, 11) is -3.68. The van der Waals surface area contributed by atoms with Gasteiger partial charge in [-0.3, -0.25) is 0 Å². The van der Waals surface area contributed by atoms with Gasteiger partial charge in [-0.05, 0) is 18.6 Å². The van der Waals surface area contributed by atoms with Crippen molar-refractivity contribution < 1.29 is 13.0 Å². The molecule has 5 heteroatoms. The summed E-state index contributed by atoms with van der Waals surface area (Å²) in [6.45, 7) is 6.01. The minimum atomic E-state index is -3.68. The average Bonchev–Trinajstić information content (AvgIpc) is 2.26. The quantitative estimate of drug-likeness (QED) is 0.846. The smallest absolute Gasteiger partial charge is 0.225 e. The van der Waals surface area contributed by atoms with Crippen LogP contribution >= 0.6 is 0 Å². The molecule has 0 aliphatic rings. The molecule has 0 fully saturated rings. The molecule has 4 nitrogen and oxygen atoms in total. The lowest BCUT2D eigenvalue weighted by Gasteiger charge is -2.06. The van der Waals surface area contributed by atoms with Crippen LogP contribution in [0.2, 0.25) is 0 Å². The Morgan fingerprint density at radius 3 is 2.11 bits per heavy atom. The highest BCUT2D eigenvalue weighted by Crippen LogP contribution is 2.12. The van der Waals surface area contributed by atoms with Gasteiger partial charge in [-0.25, -0.2) is 13.6 Å². The molecular formula is C14H17N2O2S+. The minimum absolute atomic E-state index is 0.122. The average molecular weight is 277 g/mol. The molecule has 100 valence electrons. The summed E-state index contributed by atoms with van der Waals surface area (Å²) >= 11 is 0. The number of hydrogen-bond acceptors (Lipinski definition) is 2. The number of aromatic nitrogens is 1. The Balaban J connectivity index is 2.67. The highest BCUT2D eigenvalue weighted by Gasteiger charge is 2.17. The van der Waals surface area contributed by atoms with Crippen molar-refractivity contribution in [3.8, 4) is 5.69 Å². The van der Waals surface area contributed by atoms with E-state index in [1.54, 1.807) is 12.1 Å². The molecule has 1 heterocycles. The van der Waals surface area contributed by atoms with Gasteiger partial charge in [0.1, 0.15) is 0 Å². The number of benzene rings is 1. The molecule has 0 saturated carbocycles. The second kappa shape index (κ2) is 4.75. The van der Waals surface area contributed by atoms with E-state index in [-0.39, 0.29) is 4.90 Å². The molecular weight excluding hydrogens is 260 g/mol. The van der Waals surface area contributed by atoms with E-state index >= 15 is 0 Å². The van der Waals surface area contributed by atoms with Gasteiger partial charge < -0.3 is 0 Å². The van der Waals surface area contributed by atoms with Crippen LogP contribution in [-0.4, -0.2) is 8.42 Å². The van der Waals surface area contributed by atoms with Crippen molar-refractivity contribution in [3.05, 3.63) is 53.3 Å². The SMILES string of the molecule is Cc1cc(C)[n+](-c2cccc(S(N)(=O)=O)c2)c(C)c1. The summed E-state index contributed by atoms with van der Waals surface area (Å²) in [6.07, 6.45) is 0. The Labute approximate surface area is 113 Å². The predicted octanol–water partition coefficient (Wildman–Crippen LogP) is 1.54. The van der Waals surface area contributed by atoms with E-state index in [1.807, 2.05) is 31.4 Å². The Hall–Kier alpha value is -1.72. The van der Waals surface area contributed by atoms with Crippen LogP contribution in [-0.2, 0) is 10.0 Å². The molecule has 0 radical (unpaired) electrons. The molecule has 0 saturated heterocycles. The maximum absolute atomic E-state index is 11.4. The third-order valence-corrected chi connectivity index (χ3v) is 3.89. The molecule has 1 aromatic carbocycles. The van der Waals surface area contributed by atoms with Crippen LogP contribution in [0.15, 0.2) is 41.3 Å². The van der Waals surface area contributed by atoms with Gasteiger partial charge in [-0.1, -0.05) is 6.07 Å². The van der Waals surface area contributed by atoms with Gasteiger partial charge in [0.2, 0.25) is 15.7 Å². The normalized spacial score (nSPS) is 11.6. The number of rotatable bonds is 2. The molecule has 0 aliphatic carbocycles. The van der Waals surface area contributed by atoms with Crippen LogP contribution in [0.25, 0.3) is 5.69 Å². The summed E-state index contributed by atoms with van der Waals surface area (Å²) in [4.78, 5) is 0.122. The zero-order valence-corrected chi connectivity index (χ0v) is 12.0. The first-order valence-corrected chi connectivity index (χ1v) is 7.47. The maximum Gasteiger partial charge on any atom is 0.238 e. The number of nitrogens with zero attached hydrogens (tertiary/aromatic N) is 1. The molecule has 0 unspecified atom stereocenters. The fourth-order valence-corrected chi connectivity index (χ4v) is 2.87. The van der Waals surface area contributed by atoms with Crippen LogP contribution in [0.1, 0.15) is 17.0 Å². The zero-order valence-electron chi connectivity index (χ0n) is 11.2. The summed E-state index contributed by atoms with van der Waals surface area (Å²) in [5.41, 5.74) is 4.06. The van der Waals surface area contributed by atoms with E-state index in [9.17, 15) is 8.42 Å². The summed E-state index contributed by atoms with van der Waals surface area (Å²) < 4.78 is 24.8. The number of aryl methyl sites for hydroxylation is 3. The lowest BCUT2D eigenvalue weighted by Crippen LogP contribution is -2.38. The van der Waals surface area contributed by atoms with Crippen molar-refractivity contribution in [2.75, 3.05) is 0 Å². The van der Waals surface area contributed by atoms with Gasteiger partial charge in [0, 0.05) is 38.1 Å². The van der Waals surface area contributed by atoms with Crippen molar-refractivity contribution in [2.45, 2.75) is 25.7 Å². The number of hydrogen-bond donors (Lipinski definition) is 1. The number of primary sulfonamides is 1. The van der Waals surface area contributed by atoms with Crippen molar-refractivity contribution in [3.63, 3.8) is 0 Å². The Bertz CT molecular complexity index is 714. The molecule has 19 heavy (non-hydrogen) atoms. The number of sulfonamides is 1. The zero-order chi connectivity index (χ0) is 14.2. The summed E-state index contributed by atoms with van der Waals surface area (Å²) in [6, 6.07) is 10.8. The Morgan fingerprint density at radius 1 is 1.00 bits per heavy atom. The van der Waals surface area contributed by atoms with Gasteiger partial charge in [-0.15, -0.1) is 0 Å². The van der Waals surface area contributed by atoms with E-state index in [2.05, 4.69) is 12.1 Å². The number of pyridine rings is 1. The van der Waals surface area contributed by atoms with Crippen LogP contribution in [0.4, 0.5) is 0 Å². The molecule has 2 aromatic rings. The molecule has 0 bridgehead atoms. The molecule has 2 N–H and O–H groups in total. The molecule has 0 spiro atoms. The van der Waals surface area contributed by atoms with Crippen LogP contribution in [0.3, 0.4) is 0 Å². The third kappa shape index (κ3) is 2.83. The van der Waals surface area contributed by atoms with Crippen molar-refractivity contribution >= 4 is 10.0 Å². The minimum Gasteiger partial charge on any atom is -0.225 e. The molecule has 0 aliphatic heterocycles. The second-order valence-corrected chi connectivity index (χ2v) is 6.25. The van der Waals surface area contributed by atoms with Crippen molar-refractivity contribution in [2.24, 2.45) is 5.14 Å². The third-order valence-electron chi connectivity index (χ3n) is 2.98. The van der Waals surface area contributed by atoms with Crippen LogP contribution in [0.5, 0.6) is 0 Å². The fourth-order valence-electron chi connectivity index (χ4n) is 2.31.